The average molecular weight is 279 g/mol. The second-order valence-corrected chi connectivity index (χ2v) is 5.75. The molecule has 1 nitrogen and oxygen atoms in total. The lowest BCUT2D eigenvalue weighted by Crippen LogP contribution is -2.11. The van der Waals surface area contributed by atoms with Gasteiger partial charge in [-0.05, 0) is 16.5 Å². The monoisotopic (exact) mass is 279 g/mol. The highest BCUT2D eigenvalue weighted by Crippen LogP contribution is 2.31. The lowest BCUT2D eigenvalue weighted by Gasteiger charge is -2.19. The molecular formula is C16H16F3N. The van der Waals surface area contributed by atoms with Crippen LogP contribution in [0.25, 0.3) is 0 Å². The van der Waals surface area contributed by atoms with Gasteiger partial charge in [0.2, 0.25) is 0 Å². The van der Waals surface area contributed by atoms with E-state index in [1.807, 2.05) is 20.8 Å². The van der Waals surface area contributed by atoms with Gasteiger partial charge in [-0.3, -0.25) is 4.98 Å². The molecule has 2 rings (SSSR count). The highest BCUT2D eigenvalue weighted by Gasteiger charge is 2.22. The zero-order chi connectivity index (χ0) is 14.9. The lowest BCUT2D eigenvalue weighted by atomic mass is 9.86. The Labute approximate surface area is 116 Å². The minimum atomic E-state index is -1.84. The highest BCUT2D eigenvalue weighted by molar-refractivity contribution is 5.34. The Hall–Kier alpha value is -1.84. The van der Waals surface area contributed by atoms with Crippen LogP contribution in [0, 0.1) is 11.6 Å². The minimum absolute atomic E-state index is 0.0580. The van der Waals surface area contributed by atoms with Crippen molar-refractivity contribution in [3.05, 3.63) is 65.0 Å². The Morgan fingerprint density at radius 3 is 1.90 bits per heavy atom. The number of nitrogens with zero attached hydrogens (tertiary/aromatic N) is 1. The van der Waals surface area contributed by atoms with Gasteiger partial charge in [-0.1, -0.05) is 45.0 Å². The maximum absolute atomic E-state index is 14.3. The smallest absolute Gasteiger partial charge is 0.156 e. The van der Waals surface area contributed by atoms with E-state index in [4.69, 9.17) is 0 Å². The van der Waals surface area contributed by atoms with E-state index in [0.29, 0.717) is 0 Å². The summed E-state index contributed by atoms with van der Waals surface area (Å²) >= 11 is 0. The van der Waals surface area contributed by atoms with Crippen molar-refractivity contribution in [1.82, 2.24) is 4.98 Å². The molecule has 1 unspecified atom stereocenters. The van der Waals surface area contributed by atoms with Crippen LogP contribution in [-0.4, -0.2) is 4.98 Å². The molecule has 1 heterocycles. The number of hydrogen-bond donors (Lipinski definition) is 0. The second kappa shape index (κ2) is 5.27. The Kier molecular flexibility index (Phi) is 3.84. The molecule has 0 saturated heterocycles. The fraction of sp³-hybridized carbons (Fsp3) is 0.312. The van der Waals surface area contributed by atoms with Gasteiger partial charge in [0.15, 0.2) is 17.8 Å². The first-order chi connectivity index (χ1) is 9.30. The first kappa shape index (κ1) is 14.6. The Balaban J connectivity index is 2.37. The van der Waals surface area contributed by atoms with Crippen LogP contribution in [0.5, 0.6) is 0 Å². The summed E-state index contributed by atoms with van der Waals surface area (Å²) in [6, 6.07) is 6.67. The van der Waals surface area contributed by atoms with Gasteiger partial charge in [0.25, 0.3) is 0 Å². The molecule has 2 aromatic rings. The van der Waals surface area contributed by atoms with E-state index >= 15 is 0 Å². The Morgan fingerprint density at radius 2 is 1.45 bits per heavy atom. The maximum Gasteiger partial charge on any atom is 0.156 e. The molecule has 0 radical (unpaired) electrons. The third-order valence-electron chi connectivity index (χ3n) is 3.21. The van der Waals surface area contributed by atoms with Crippen LogP contribution in [-0.2, 0) is 5.41 Å². The molecule has 1 aromatic heterocycles. The zero-order valence-electron chi connectivity index (χ0n) is 11.6. The molecule has 0 amide bonds. The first-order valence-electron chi connectivity index (χ1n) is 6.34. The van der Waals surface area contributed by atoms with Crippen LogP contribution in [0.15, 0.2) is 36.7 Å². The molecule has 0 spiro atoms. The molecule has 4 heteroatoms. The van der Waals surface area contributed by atoms with Crippen molar-refractivity contribution >= 4 is 0 Å². The van der Waals surface area contributed by atoms with E-state index in [1.165, 1.54) is 0 Å². The molecule has 0 aliphatic carbocycles. The second-order valence-electron chi connectivity index (χ2n) is 5.75. The number of alkyl halides is 1. The van der Waals surface area contributed by atoms with Gasteiger partial charge in [-0.15, -0.1) is 0 Å². The van der Waals surface area contributed by atoms with E-state index in [2.05, 4.69) is 4.98 Å². The molecule has 0 bridgehead atoms. The number of pyridine rings is 1. The van der Waals surface area contributed by atoms with Gasteiger partial charge >= 0.3 is 0 Å². The molecule has 1 atom stereocenters. The molecule has 0 aliphatic rings. The number of rotatable bonds is 2. The van der Waals surface area contributed by atoms with Gasteiger partial charge in [0.1, 0.15) is 0 Å². The zero-order valence-corrected chi connectivity index (χ0v) is 11.6. The summed E-state index contributed by atoms with van der Waals surface area (Å²) in [4.78, 5) is 3.35. The van der Waals surface area contributed by atoms with Crippen molar-refractivity contribution in [1.29, 1.82) is 0 Å². The molecule has 0 fully saturated rings. The standard InChI is InChI=1S/C16H16F3N/c1-16(2,3)11-6-4-10(5-7-11)15(19)14-12(17)8-20-9-13(14)18/h4-9,15H,1-3H3. The Morgan fingerprint density at radius 1 is 0.950 bits per heavy atom. The topological polar surface area (TPSA) is 12.9 Å². The lowest BCUT2D eigenvalue weighted by molar-refractivity contribution is 0.369. The highest BCUT2D eigenvalue weighted by atomic mass is 19.2. The van der Waals surface area contributed by atoms with Crippen LogP contribution in [0.1, 0.15) is 43.6 Å². The van der Waals surface area contributed by atoms with E-state index in [1.54, 1.807) is 24.3 Å². The number of aromatic nitrogens is 1. The van der Waals surface area contributed by atoms with Crippen LogP contribution in [0.2, 0.25) is 0 Å². The summed E-state index contributed by atoms with van der Waals surface area (Å²) in [5.41, 5.74) is 0.604. The van der Waals surface area contributed by atoms with E-state index in [-0.39, 0.29) is 11.0 Å². The molecule has 106 valence electrons. The third-order valence-corrected chi connectivity index (χ3v) is 3.21. The van der Waals surface area contributed by atoms with Crippen molar-refractivity contribution < 1.29 is 13.2 Å². The molecule has 1 aromatic carbocycles. The van der Waals surface area contributed by atoms with Gasteiger partial charge in [-0.2, -0.15) is 0 Å². The van der Waals surface area contributed by atoms with E-state index in [9.17, 15) is 13.2 Å². The van der Waals surface area contributed by atoms with Crippen molar-refractivity contribution in [2.45, 2.75) is 32.4 Å². The van der Waals surface area contributed by atoms with Crippen molar-refractivity contribution in [3.8, 4) is 0 Å². The summed E-state index contributed by atoms with van der Waals surface area (Å²) in [6.07, 6.45) is -0.213. The van der Waals surface area contributed by atoms with Gasteiger partial charge < -0.3 is 0 Å². The molecule has 0 N–H and O–H groups in total. The third kappa shape index (κ3) is 2.84. The summed E-state index contributed by atoms with van der Waals surface area (Å²) in [6.45, 7) is 6.12. The van der Waals surface area contributed by atoms with Crippen LogP contribution < -0.4 is 0 Å². The maximum atomic E-state index is 14.3. The number of benzene rings is 1. The Bertz CT molecular complexity index is 580. The average Bonchev–Trinajstić information content (AvgIpc) is 2.37. The predicted molar refractivity (Wildman–Crippen MR) is 72.2 cm³/mol. The van der Waals surface area contributed by atoms with Gasteiger partial charge in [0, 0.05) is 0 Å². The fourth-order valence-electron chi connectivity index (χ4n) is 1.98. The van der Waals surface area contributed by atoms with Gasteiger partial charge in [-0.25, -0.2) is 13.2 Å². The fourth-order valence-corrected chi connectivity index (χ4v) is 1.98. The quantitative estimate of drug-likeness (QED) is 0.775. The summed E-state index contributed by atoms with van der Waals surface area (Å²) < 4.78 is 41.3. The number of hydrogen-bond acceptors (Lipinski definition) is 1. The normalized spacial score (nSPS) is 13.3. The van der Waals surface area contributed by atoms with Crippen LogP contribution >= 0.6 is 0 Å². The molecule has 0 saturated carbocycles. The van der Waals surface area contributed by atoms with Crippen LogP contribution in [0.4, 0.5) is 13.2 Å². The largest absolute Gasteiger partial charge is 0.259 e. The summed E-state index contributed by atoms with van der Waals surface area (Å²) in [5.74, 6) is -1.95. The molecule has 20 heavy (non-hydrogen) atoms. The summed E-state index contributed by atoms with van der Waals surface area (Å²) in [5, 5.41) is 0. The predicted octanol–water partition coefficient (Wildman–Crippen LogP) is 4.72. The van der Waals surface area contributed by atoms with Crippen LogP contribution in [0.3, 0.4) is 0 Å². The first-order valence-corrected chi connectivity index (χ1v) is 6.34. The van der Waals surface area contributed by atoms with Gasteiger partial charge in [0.05, 0.1) is 18.0 Å². The minimum Gasteiger partial charge on any atom is -0.259 e. The SMILES string of the molecule is CC(C)(C)c1ccc(C(F)c2c(F)cncc2F)cc1. The molecule has 0 aliphatic heterocycles. The van der Waals surface area contributed by atoms with Crippen molar-refractivity contribution in [3.63, 3.8) is 0 Å². The summed E-state index contributed by atoms with van der Waals surface area (Å²) in [7, 11) is 0. The van der Waals surface area contributed by atoms with Crippen molar-refractivity contribution in [2.24, 2.45) is 0 Å². The van der Waals surface area contributed by atoms with E-state index < -0.39 is 23.4 Å². The number of halogens is 3. The van der Waals surface area contributed by atoms with E-state index in [0.717, 1.165) is 18.0 Å². The molecular weight excluding hydrogens is 263 g/mol. The van der Waals surface area contributed by atoms with Crippen molar-refractivity contribution in [2.75, 3.05) is 0 Å².